The molecule has 2 rings (SSSR count). The maximum atomic E-state index is 12.3. The molecule has 0 atom stereocenters. The number of hydrogen-bond donors (Lipinski definition) is 2. The fourth-order valence-corrected chi connectivity index (χ4v) is 3.39. The molecule has 0 amide bonds. The molecule has 1 saturated heterocycles. The summed E-state index contributed by atoms with van der Waals surface area (Å²) in [6, 6.07) is 4.06. The van der Waals surface area contributed by atoms with Gasteiger partial charge in [-0.3, -0.25) is 0 Å². The molecular weight excluding hydrogens is 282 g/mol. The molecule has 1 aliphatic heterocycles. The van der Waals surface area contributed by atoms with Gasteiger partial charge in [0, 0.05) is 12.0 Å². The fourth-order valence-electron chi connectivity index (χ4n) is 1.92. The highest BCUT2D eigenvalue weighted by molar-refractivity contribution is 7.89. The lowest BCUT2D eigenvalue weighted by Crippen LogP contribution is -2.48. The lowest BCUT2D eigenvalue weighted by Gasteiger charge is -2.37. The molecule has 1 fully saturated rings. The van der Waals surface area contributed by atoms with Gasteiger partial charge in [-0.1, -0.05) is 13.0 Å². The number of nitrogens with one attached hydrogen (secondary N) is 1. The first kappa shape index (κ1) is 15.0. The number of ether oxygens (including phenoxy) is 1. The van der Waals surface area contributed by atoms with Crippen LogP contribution in [0.1, 0.15) is 22.8 Å². The van der Waals surface area contributed by atoms with Crippen LogP contribution in [-0.2, 0) is 14.8 Å². The maximum absolute atomic E-state index is 12.3. The SMILES string of the molecule is Cc1ccc(C(=O)O)cc1S(=O)(=O)NCC1(C)COC1. The van der Waals surface area contributed by atoms with Crippen molar-refractivity contribution in [2.75, 3.05) is 19.8 Å². The van der Waals surface area contributed by atoms with Gasteiger partial charge >= 0.3 is 5.97 Å². The van der Waals surface area contributed by atoms with E-state index in [-0.39, 0.29) is 22.4 Å². The number of benzene rings is 1. The Labute approximate surface area is 117 Å². The fraction of sp³-hybridized carbons (Fsp3) is 0.462. The molecule has 6 nitrogen and oxygen atoms in total. The van der Waals surface area contributed by atoms with Crippen LogP contribution in [0.15, 0.2) is 23.1 Å². The third-order valence-corrected chi connectivity index (χ3v) is 4.86. The van der Waals surface area contributed by atoms with Crippen LogP contribution in [0.5, 0.6) is 0 Å². The van der Waals surface area contributed by atoms with Crippen molar-refractivity contribution in [3.8, 4) is 0 Å². The van der Waals surface area contributed by atoms with Crippen LogP contribution < -0.4 is 4.72 Å². The van der Waals surface area contributed by atoms with E-state index in [9.17, 15) is 13.2 Å². The zero-order valence-electron chi connectivity index (χ0n) is 11.3. The van der Waals surface area contributed by atoms with Gasteiger partial charge < -0.3 is 9.84 Å². The summed E-state index contributed by atoms with van der Waals surface area (Å²) in [4.78, 5) is 10.9. The second kappa shape index (κ2) is 5.16. The van der Waals surface area contributed by atoms with Crippen molar-refractivity contribution in [2.24, 2.45) is 5.41 Å². The van der Waals surface area contributed by atoms with Crippen LogP contribution in [0.3, 0.4) is 0 Å². The average molecular weight is 299 g/mol. The van der Waals surface area contributed by atoms with Gasteiger partial charge in [0.15, 0.2) is 0 Å². The number of rotatable bonds is 5. The van der Waals surface area contributed by atoms with Crippen LogP contribution in [-0.4, -0.2) is 39.3 Å². The molecule has 1 aliphatic rings. The monoisotopic (exact) mass is 299 g/mol. The van der Waals surface area contributed by atoms with Gasteiger partial charge in [-0.15, -0.1) is 0 Å². The molecule has 0 bridgehead atoms. The van der Waals surface area contributed by atoms with E-state index >= 15 is 0 Å². The van der Waals surface area contributed by atoms with Crippen molar-refractivity contribution in [1.29, 1.82) is 0 Å². The first-order valence-electron chi connectivity index (χ1n) is 6.15. The second-order valence-electron chi connectivity index (χ2n) is 5.41. The number of aromatic carboxylic acids is 1. The predicted octanol–water partition coefficient (Wildman–Crippen LogP) is 1.01. The van der Waals surface area contributed by atoms with Gasteiger partial charge in [0.2, 0.25) is 10.0 Å². The van der Waals surface area contributed by atoms with Crippen LogP contribution in [0.4, 0.5) is 0 Å². The quantitative estimate of drug-likeness (QED) is 0.846. The number of aryl methyl sites for hydroxylation is 1. The summed E-state index contributed by atoms with van der Waals surface area (Å²) < 4.78 is 32.1. The number of hydrogen-bond acceptors (Lipinski definition) is 4. The van der Waals surface area contributed by atoms with Crippen molar-refractivity contribution in [3.05, 3.63) is 29.3 Å². The largest absolute Gasteiger partial charge is 0.478 e. The lowest BCUT2D eigenvalue weighted by atomic mass is 9.89. The van der Waals surface area contributed by atoms with Crippen LogP contribution in [0.2, 0.25) is 0 Å². The Bertz CT molecular complexity index is 634. The molecule has 0 aromatic heterocycles. The van der Waals surface area contributed by atoms with E-state index in [0.717, 1.165) is 0 Å². The highest BCUT2D eigenvalue weighted by Gasteiger charge is 2.34. The Hall–Kier alpha value is -1.44. The van der Waals surface area contributed by atoms with Crippen LogP contribution in [0, 0.1) is 12.3 Å². The van der Waals surface area contributed by atoms with Crippen LogP contribution >= 0.6 is 0 Å². The number of carbonyl (C=O) groups is 1. The van der Waals surface area contributed by atoms with Crippen molar-refractivity contribution in [3.63, 3.8) is 0 Å². The van der Waals surface area contributed by atoms with Gasteiger partial charge in [-0.25, -0.2) is 17.9 Å². The smallest absolute Gasteiger partial charge is 0.335 e. The lowest BCUT2D eigenvalue weighted by molar-refractivity contribution is -0.0965. The van der Waals surface area contributed by atoms with Gasteiger partial charge in [0.05, 0.1) is 23.7 Å². The number of sulfonamides is 1. The van der Waals surface area contributed by atoms with E-state index in [2.05, 4.69) is 4.72 Å². The summed E-state index contributed by atoms with van der Waals surface area (Å²) in [5.74, 6) is -1.15. The second-order valence-corrected chi connectivity index (χ2v) is 7.15. The van der Waals surface area contributed by atoms with E-state index in [1.165, 1.54) is 18.2 Å². The standard InChI is InChI=1S/C13H17NO5S/c1-9-3-4-10(12(15)16)5-11(9)20(17,18)14-6-13(2)7-19-8-13/h3-5,14H,6-8H2,1-2H3,(H,15,16). The molecule has 2 N–H and O–H groups in total. The molecular formula is C13H17NO5S. The third kappa shape index (κ3) is 3.00. The van der Waals surface area contributed by atoms with Gasteiger partial charge in [-0.05, 0) is 24.6 Å². The Balaban J connectivity index is 2.24. The van der Waals surface area contributed by atoms with Gasteiger partial charge in [0.25, 0.3) is 0 Å². The van der Waals surface area contributed by atoms with Crippen LogP contribution in [0.25, 0.3) is 0 Å². The van der Waals surface area contributed by atoms with E-state index in [4.69, 9.17) is 9.84 Å². The molecule has 0 aliphatic carbocycles. The maximum Gasteiger partial charge on any atom is 0.335 e. The topological polar surface area (TPSA) is 92.7 Å². The molecule has 0 unspecified atom stereocenters. The Morgan fingerprint density at radius 1 is 1.45 bits per heavy atom. The molecule has 7 heteroatoms. The van der Waals surface area contributed by atoms with E-state index in [1.807, 2.05) is 6.92 Å². The number of carboxylic acids is 1. The first-order chi connectivity index (χ1) is 9.23. The summed E-state index contributed by atoms with van der Waals surface area (Å²) in [5, 5.41) is 8.94. The molecule has 1 aromatic carbocycles. The summed E-state index contributed by atoms with van der Waals surface area (Å²) in [5.41, 5.74) is 0.275. The minimum atomic E-state index is -3.73. The van der Waals surface area contributed by atoms with E-state index in [0.29, 0.717) is 18.8 Å². The van der Waals surface area contributed by atoms with Gasteiger partial charge in [-0.2, -0.15) is 0 Å². The molecule has 110 valence electrons. The Kier molecular flexibility index (Phi) is 3.86. The predicted molar refractivity (Wildman–Crippen MR) is 72.3 cm³/mol. The minimum Gasteiger partial charge on any atom is -0.478 e. The average Bonchev–Trinajstić information content (AvgIpc) is 2.34. The molecule has 1 heterocycles. The zero-order chi connectivity index (χ0) is 15.0. The van der Waals surface area contributed by atoms with E-state index < -0.39 is 16.0 Å². The Morgan fingerprint density at radius 2 is 2.10 bits per heavy atom. The third-order valence-electron chi connectivity index (χ3n) is 3.31. The molecule has 20 heavy (non-hydrogen) atoms. The van der Waals surface area contributed by atoms with Crippen molar-refractivity contribution < 1.29 is 23.1 Å². The van der Waals surface area contributed by atoms with E-state index in [1.54, 1.807) is 6.92 Å². The Morgan fingerprint density at radius 3 is 2.60 bits per heavy atom. The first-order valence-corrected chi connectivity index (χ1v) is 7.63. The number of carboxylic acid groups (broad SMARTS) is 1. The molecule has 0 spiro atoms. The summed E-state index contributed by atoms with van der Waals surface area (Å²) in [7, 11) is -3.73. The van der Waals surface area contributed by atoms with Crippen molar-refractivity contribution in [2.45, 2.75) is 18.7 Å². The van der Waals surface area contributed by atoms with Gasteiger partial charge in [0.1, 0.15) is 0 Å². The molecule has 0 radical (unpaired) electrons. The zero-order valence-corrected chi connectivity index (χ0v) is 12.2. The highest BCUT2D eigenvalue weighted by Crippen LogP contribution is 2.26. The highest BCUT2D eigenvalue weighted by atomic mass is 32.2. The summed E-state index contributed by atoms with van der Waals surface area (Å²) >= 11 is 0. The minimum absolute atomic E-state index is 0.00115. The summed E-state index contributed by atoms with van der Waals surface area (Å²) in [6.07, 6.45) is 0. The summed E-state index contributed by atoms with van der Waals surface area (Å²) in [6.45, 7) is 4.87. The normalized spacial score (nSPS) is 17.5. The van der Waals surface area contributed by atoms with Crippen molar-refractivity contribution in [1.82, 2.24) is 4.72 Å². The van der Waals surface area contributed by atoms with Crippen molar-refractivity contribution >= 4 is 16.0 Å². The molecule has 1 aromatic rings. The molecule has 0 saturated carbocycles.